The SMILES string of the molecule is COC(=O)c1ccn(C2CN(C(=O)OC(C)(C)C)C2)c(=O)c1. The van der Waals surface area contributed by atoms with Crippen LogP contribution in [-0.2, 0) is 9.47 Å². The quantitative estimate of drug-likeness (QED) is 0.772. The molecule has 0 spiro atoms. The molecule has 7 heteroatoms. The molecule has 0 bridgehead atoms. The van der Waals surface area contributed by atoms with Crippen LogP contribution in [0.15, 0.2) is 23.1 Å². The molecule has 0 aromatic carbocycles. The van der Waals surface area contributed by atoms with Crippen molar-refractivity contribution in [3.05, 3.63) is 34.2 Å². The average molecular weight is 308 g/mol. The number of likely N-dealkylation sites (tertiary alicyclic amines) is 1. The molecule has 1 fully saturated rings. The van der Waals surface area contributed by atoms with Crippen molar-refractivity contribution in [1.82, 2.24) is 9.47 Å². The Kier molecular flexibility index (Phi) is 4.25. The number of carbonyl (C=O) groups excluding carboxylic acids is 2. The summed E-state index contributed by atoms with van der Waals surface area (Å²) < 4.78 is 11.3. The fraction of sp³-hybridized carbons (Fsp3) is 0.533. The number of amides is 1. The summed E-state index contributed by atoms with van der Waals surface area (Å²) in [4.78, 5) is 36.8. The van der Waals surface area contributed by atoms with Crippen LogP contribution in [0.3, 0.4) is 0 Å². The lowest BCUT2D eigenvalue weighted by molar-refractivity contribution is 0.000658. The maximum atomic E-state index is 12.0. The second-order valence-corrected chi connectivity index (χ2v) is 6.19. The van der Waals surface area contributed by atoms with Gasteiger partial charge in [0.15, 0.2) is 0 Å². The normalized spacial score (nSPS) is 15.2. The van der Waals surface area contributed by atoms with Gasteiger partial charge < -0.3 is 18.9 Å². The van der Waals surface area contributed by atoms with Gasteiger partial charge in [-0.3, -0.25) is 4.79 Å². The molecule has 22 heavy (non-hydrogen) atoms. The smallest absolute Gasteiger partial charge is 0.410 e. The minimum atomic E-state index is -0.548. The molecule has 0 saturated carbocycles. The van der Waals surface area contributed by atoms with Gasteiger partial charge in [0.05, 0.1) is 18.7 Å². The molecule has 0 N–H and O–H groups in total. The molecule has 120 valence electrons. The Morgan fingerprint density at radius 2 is 1.91 bits per heavy atom. The Hall–Kier alpha value is -2.31. The minimum Gasteiger partial charge on any atom is -0.465 e. The van der Waals surface area contributed by atoms with Crippen molar-refractivity contribution >= 4 is 12.1 Å². The fourth-order valence-corrected chi connectivity index (χ4v) is 2.14. The molecule has 7 nitrogen and oxygen atoms in total. The third-order valence-corrected chi connectivity index (χ3v) is 3.28. The predicted molar refractivity (Wildman–Crippen MR) is 78.9 cm³/mol. The molecule has 2 rings (SSSR count). The summed E-state index contributed by atoms with van der Waals surface area (Å²) in [6.07, 6.45) is 1.16. The van der Waals surface area contributed by atoms with Crippen LogP contribution in [-0.4, -0.2) is 47.3 Å². The first-order chi connectivity index (χ1) is 10.2. The summed E-state index contributed by atoms with van der Waals surface area (Å²) in [5.74, 6) is -0.548. The number of hydrogen-bond acceptors (Lipinski definition) is 5. The molecule has 0 unspecified atom stereocenters. The van der Waals surface area contributed by atoms with Crippen LogP contribution in [0.25, 0.3) is 0 Å². The van der Waals surface area contributed by atoms with E-state index in [1.54, 1.807) is 27.0 Å². The van der Waals surface area contributed by atoms with Crippen LogP contribution in [0.4, 0.5) is 4.79 Å². The molecule has 1 saturated heterocycles. The van der Waals surface area contributed by atoms with Gasteiger partial charge in [-0.15, -0.1) is 0 Å². The van der Waals surface area contributed by atoms with E-state index in [-0.39, 0.29) is 23.3 Å². The van der Waals surface area contributed by atoms with Crippen molar-refractivity contribution in [2.75, 3.05) is 20.2 Å². The summed E-state index contributed by atoms with van der Waals surface area (Å²) in [5, 5.41) is 0. The number of aromatic nitrogens is 1. The molecule has 0 atom stereocenters. The standard InChI is InChI=1S/C15H20N2O5/c1-15(2,3)22-14(20)16-8-11(9-16)17-6-5-10(7-12(17)18)13(19)21-4/h5-7,11H,8-9H2,1-4H3. The third-order valence-electron chi connectivity index (χ3n) is 3.28. The van der Waals surface area contributed by atoms with E-state index in [1.165, 1.54) is 28.7 Å². The number of ether oxygens (including phenoxy) is 2. The zero-order valence-corrected chi connectivity index (χ0v) is 13.2. The van der Waals surface area contributed by atoms with Crippen molar-refractivity contribution in [3.63, 3.8) is 0 Å². The zero-order valence-electron chi connectivity index (χ0n) is 13.2. The van der Waals surface area contributed by atoms with Gasteiger partial charge in [-0.05, 0) is 26.8 Å². The summed E-state index contributed by atoms with van der Waals surface area (Å²) in [7, 11) is 1.26. The van der Waals surface area contributed by atoms with Crippen LogP contribution in [0.1, 0.15) is 37.2 Å². The Morgan fingerprint density at radius 1 is 1.27 bits per heavy atom. The number of pyridine rings is 1. The van der Waals surface area contributed by atoms with Crippen molar-refractivity contribution in [3.8, 4) is 0 Å². The predicted octanol–water partition coefficient (Wildman–Crippen LogP) is 1.43. The first-order valence-corrected chi connectivity index (χ1v) is 6.99. The van der Waals surface area contributed by atoms with Crippen LogP contribution in [0, 0.1) is 0 Å². The Balaban J connectivity index is 2.00. The van der Waals surface area contributed by atoms with Crippen LogP contribution >= 0.6 is 0 Å². The summed E-state index contributed by atoms with van der Waals surface area (Å²) in [6, 6.07) is 2.66. The molecular formula is C15H20N2O5. The van der Waals surface area contributed by atoms with Gasteiger partial charge >= 0.3 is 12.1 Å². The Morgan fingerprint density at radius 3 is 2.41 bits per heavy atom. The number of methoxy groups -OCH3 is 1. The van der Waals surface area contributed by atoms with Crippen LogP contribution < -0.4 is 5.56 Å². The first-order valence-electron chi connectivity index (χ1n) is 6.99. The van der Waals surface area contributed by atoms with E-state index in [1.807, 2.05) is 0 Å². The largest absolute Gasteiger partial charge is 0.465 e. The summed E-state index contributed by atoms with van der Waals surface area (Å²) >= 11 is 0. The van der Waals surface area contributed by atoms with Gasteiger partial charge in [0.1, 0.15) is 5.60 Å². The molecule has 1 aliphatic heterocycles. The molecule has 1 amide bonds. The van der Waals surface area contributed by atoms with Crippen molar-refractivity contribution in [2.45, 2.75) is 32.4 Å². The van der Waals surface area contributed by atoms with E-state index in [0.717, 1.165) is 0 Å². The van der Waals surface area contributed by atoms with Crippen LogP contribution in [0.2, 0.25) is 0 Å². The topological polar surface area (TPSA) is 77.8 Å². The van der Waals surface area contributed by atoms with E-state index >= 15 is 0 Å². The second kappa shape index (κ2) is 5.82. The monoisotopic (exact) mass is 308 g/mol. The van der Waals surface area contributed by atoms with Gasteiger partial charge in [0, 0.05) is 25.4 Å². The molecule has 2 heterocycles. The Labute approximate surface area is 128 Å². The van der Waals surface area contributed by atoms with E-state index in [9.17, 15) is 14.4 Å². The highest BCUT2D eigenvalue weighted by Gasteiger charge is 2.35. The van der Waals surface area contributed by atoms with Crippen molar-refractivity contribution in [1.29, 1.82) is 0 Å². The molecule has 1 aromatic heterocycles. The number of rotatable bonds is 2. The van der Waals surface area contributed by atoms with Gasteiger partial charge in [-0.1, -0.05) is 0 Å². The van der Waals surface area contributed by atoms with E-state index in [4.69, 9.17) is 4.74 Å². The van der Waals surface area contributed by atoms with Crippen molar-refractivity contribution < 1.29 is 19.1 Å². The molecule has 0 aliphatic carbocycles. The number of esters is 1. The lowest BCUT2D eigenvalue weighted by atomic mass is 10.1. The fourth-order valence-electron chi connectivity index (χ4n) is 2.14. The van der Waals surface area contributed by atoms with Gasteiger partial charge in [0.25, 0.3) is 5.56 Å². The summed E-state index contributed by atoms with van der Waals surface area (Å²) in [5.41, 5.74) is -0.620. The first kappa shape index (κ1) is 16.1. The van der Waals surface area contributed by atoms with Gasteiger partial charge in [-0.2, -0.15) is 0 Å². The van der Waals surface area contributed by atoms with E-state index in [0.29, 0.717) is 13.1 Å². The number of nitrogens with zero attached hydrogens (tertiary/aromatic N) is 2. The molecule has 0 radical (unpaired) electrons. The van der Waals surface area contributed by atoms with E-state index < -0.39 is 11.6 Å². The third kappa shape index (κ3) is 3.47. The van der Waals surface area contributed by atoms with Gasteiger partial charge in [-0.25, -0.2) is 9.59 Å². The maximum Gasteiger partial charge on any atom is 0.410 e. The molecular weight excluding hydrogens is 288 g/mol. The summed E-state index contributed by atoms with van der Waals surface area (Å²) in [6.45, 7) is 6.23. The number of carbonyl (C=O) groups is 2. The minimum absolute atomic E-state index is 0.105. The van der Waals surface area contributed by atoms with Crippen LogP contribution in [0.5, 0.6) is 0 Å². The van der Waals surface area contributed by atoms with Crippen molar-refractivity contribution in [2.24, 2.45) is 0 Å². The highest BCUT2D eigenvalue weighted by atomic mass is 16.6. The maximum absolute atomic E-state index is 12.0. The number of hydrogen-bond donors (Lipinski definition) is 0. The second-order valence-electron chi connectivity index (χ2n) is 6.19. The Bertz CT molecular complexity index is 638. The lowest BCUT2D eigenvalue weighted by Gasteiger charge is -2.40. The molecule has 1 aliphatic rings. The highest BCUT2D eigenvalue weighted by molar-refractivity contribution is 5.88. The average Bonchev–Trinajstić information content (AvgIpc) is 2.35. The van der Waals surface area contributed by atoms with Gasteiger partial charge in [0.2, 0.25) is 0 Å². The zero-order chi connectivity index (χ0) is 16.5. The van der Waals surface area contributed by atoms with E-state index in [2.05, 4.69) is 4.74 Å². The highest BCUT2D eigenvalue weighted by Crippen LogP contribution is 2.22. The molecule has 1 aromatic rings. The lowest BCUT2D eigenvalue weighted by Crippen LogP contribution is -2.53.